The molecule has 1 N–H and O–H groups in total. The molecule has 0 aliphatic carbocycles. The Labute approximate surface area is 107 Å². The second-order valence-electron chi connectivity index (χ2n) is 6.32. The molecule has 2 aliphatic rings. The van der Waals surface area contributed by atoms with Gasteiger partial charge >= 0.3 is 0 Å². The molecule has 0 aromatic rings. The molecule has 2 aliphatic heterocycles. The Morgan fingerprint density at radius 2 is 2.06 bits per heavy atom. The normalized spacial score (nSPS) is 31.2. The number of hydrogen-bond acceptors (Lipinski definition) is 3. The number of nitrogens with zero attached hydrogens (tertiary/aromatic N) is 2. The SMILES string of the molecule is CN(C)CCCN1CCCC2(CCCNC2)C1. The van der Waals surface area contributed by atoms with Crippen LogP contribution in [0.1, 0.15) is 32.1 Å². The molecule has 2 saturated heterocycles. The molecule has 3 nitrogen and oxygen atoms in total. The van der Waals surface area contributed by atoms with Gasteiger partial charge in [0.25, 0.3) is 0 Å². The molecule has 0 radical (unpaired) electrons. The van der Waals surface area contributed by atoms with Crippen molar-refractivity contribution in [1.82, 2.24) is 15.1 Å². The summed E-state index contributed by atoms with van der Waals surface area (Å²) in [6, 6.07) is 0. The van der Waals surface area contributed by atoms with Crippen LogP contribution in [0.5, 0.6) is 0 Å². The summed E-state index contributed by atoms with van der Waals surface area (Å²) in [5, 5.41) is 3.61. The van der Waals surface area contributed by atoms with E-state index in [9.17, 15) is 0 Å². The zero-order valence-electron chi connectivity index (χ0n) is 11.7. The molecule has 2 heterocycles. The zero-order valence-corrected chi connectivity index (χ0v) is 11.7. The van der Waals surface area contributed by atoms with Gasteiger partial charge in [-0.1, -0.05) is 0 Å². The van der Waals surface area contributed by atoms with Crippen molar-refractivity contribution in [1.29, 1.82) is 0 Å². The Bertz CT molecular complexity index is 216. The van der Waals surface area contributed by atoms with Crippen LogP contribution in [-0.2, 0) is 0 Å². The second kappa shape index (κ2) is 6.17. The van der Waals surface area contributed by atoms with Crippen LogP contribution in [0.4, 0.5) is 0 Å². The Balaban J connectivity index is 1.76. The van der Waals surface area contributed by atoms with Gasteiger partial charge in [0.05, 0.1) is 0 Å². The van der Waals surface area contributed by atoms with Gasteiger partial charge in [-0.2, -0.15) is 0 Å². The Hall–Kier alpha value is -0.120. The Morgan fingerprint density at radius 1 is 1.24 bits per heavy atom. The van der Waals surface area contributed by atoms with Gasteiger partial charge in [-0.05, 0) is 77.8 Å². The highest BCUT2D eigenvalue weighted by Crippen LogP contribution is 2.35. The largest absolute Gasteiger partial charge is 0.316 e. The van der Waals surface area contributed by atoms with Gasteiger partial charge < -0.3 is 15.1 Å². The quantitative estimate of drug-likeness (QED) is 0.800. The van der Waals surface area contributed by atoms with Crippen LogP contribution in [0.25, 0.3) is 0 Å². The first kappa shape index (κ1) is 13.3. The van der Waals surface area contributed by atoms with Gasteiger partial charge in [-0.25, -0.2) is 0 Å². The summed E-state index contributed by atoms with van der Waals surface area (Å²) in [6.07, 6.45) is 7.00. The van der Waals surface area contributed by atoms with Crippen molar-refractivity contribution in [2.75, 3.05) is 53.4 Å². The third kappa shape index (κ3) is 3.94. The maximum absolute atomic E-state index is 3.61. The molecule has 0 aromatic carbocycles. The molecule has 0 aromatic heterocycles. The van der Waals surface area contributed by atoms with Crippen molar-refractivity contribution in [2.24, 2.45) is 5.41 Å². The van der Waals surface area contributed by atoms with E-state index in [0.29, 0.717) is 5.41 Å². The fourth-order valence-corrected chi connectivity index (χ4v) is 3.49. The molecule has 17 heavy (non-hydrogen) atoms. The monoisotopic (exact) mass is 239 g/mol. The van der Waals surface area contributed by atoms with E-state index in [2.05, 4.69) is 29.2 Å². The lowest BCUT2D eigenvalue weighted by atomic mass is 9.74. The molecule has 2 fully saturated rings. The summed E-state index contributed by atoms with van der Waals surface area (Å²) in [4.78, 5) is 5.00. The number of likely N-dealkylation sites (tertiary alicyclic amines) is 1. The second-order valence-corrected chi connectivity index (χ2v) is 6.32. The van der Waals surface area contributed by atoms with Crippen molar-refractivity contribution in [2.45, 2.75) is 32.1 Å². The predicted octanol–water partition coefficient (Wildman–Crippen LogP) is 1.40. The first-order valence-corrected chi connectivity index (χ1v) is 7.28. The highest BCUT2D eigenvalue weighted by Gasteiger charge is 2.36. The molecule has 0 amide bonds. The van der Waals surface area contributed by atoms with E-state index in [1.807, 2.05) is 0 Å². The van der Waals surface area contributed by atoms with Crippen molar-refractivity contribution >= 4 is 0 Å². The van der Waals surface area contributed by atoms with Gasteiger partial charge in [-0.15, -0.1) is 0 Å². The smallest absolute Gasteiger partial charge is 0.00502 e. The lowest BCUT2D eigenvalue weighted by molar-refractivity contribution is 0.0628. The average Bonchev–Trinajstić information content (AvgIpc) is 2.29. The molecule has 100 valence electrons. The van der Waals surface area contributed by atoms with Gasteiger partial charge in [-0.3, -0.25) is 0 Å². The van der Waals surface area contributed by atoms with E-state index >= 15 is 0 Å². The maximum Gasteiger partial charge on any atom is 0.00502 e. The average molecular weight is 239 g/mol. The fourth-order valence-electron chi connectivity index (χ4n) is 3.49. The molecule has 1 atom stereocenters. The standard InChI is InChI=1S/C14H29N3/c1-16(2)9-5-11-17-10-4-7-14(13-17)6-3-8-15-12-14/h15H,3-13H2,1-2H3. The summed E-state index contributed by atoms with van der Waals surface area (Å²) < 4.78 is 0. The third-order valence-corrected chi connectivity index (χ3v) is 4.38. The van der Waals surface area contributed by atoms with Crippen LogP contribution in [0, 0.1) is 5.41 Å². The number of nitrogens with one attached hydrogen (secondary N) is 1. The molecule has 2 rings (SSSR count). The Kier molecular flexibility index (Phi) is 4.83. The fraction of sp³-hybridized carbons (Fsp3) is 1.00. The van der Waals surface area contributed by atoms with Crippen molar-refractivity contribution in [3.05, 3.63) is 0 Å². The van der Waals surface area contributed by atoms with Gasteiger partial charge in [0.1, 0.15) is 0 Å². The maximum atomic E-state index is 3.61. The topological polar surface area (TPSA) is 18.5 Å². The van der Waals surface area contributed by atoms with Gasteiger partial charge in [0.15, 0.2) is 0 Å². The van der Waals surface area contributed by atoms with Crippen LogP contribution < -0.4 is 5.32 Å². The van der Waals surface area contributed by atoms with E-state index in [1.54, 1.807) is 0 Å². The van der Waals surface area contributed by atoms with E-state index < -0.39 is 0 Å². The van der Waals surface area contributed by atoms with Crippen molar-refractivity contribution in [3.8, 4) is 0 Å². The molecule has 3 heteroatoms. The Morgan fingerprint density at radius 3 is 2.76 bits per heavy atom. The summed E-state index contributed by atoms with van der Waals surface area (Å²) in [5.74, 6) is 0. The van der Waals surface area contributed by atoms with Crippen molar-refractivity contribution in [3.63, 3.8) is 0 Å². The molecule has 0 saturated carbocycles. The minimum Gasteiger partial charge on any atom is -0.316 e. The third-order valence-electron chi connectivity index (χ3n) is 4.38. The molecular formula is C14H29N3. The number of piperidine rings is 2. The number of rotatable bonds is 4. The zero-order chi connectivity index (χ0) is 12.1. The van der Waals surface area contributed by atoms with Gasteiger partial charge in [0.2, 0.25) is 0 Å². The van der Waals surface area contributed by atoms with Crippen LogP contribution in [-0.4, -0.2) is 63.2 Å². The van der Waals surface area contributed by atoms with E-state index in [4.69, 9.17) is 0 Å². The molecule has 1 unspecified atom stereocenters. The van der Waals surface area contributed by atoms with E-state index in [1.165, 1.54) is 71.4 Å². The van der Waals surface area contributed by atoms with Crippen molar-refractivity contribution < 1.29 is 0 Å². The summed E-state index contributed by atoms with van der Waals surface area (Å²) in [5.41, 5.74) is 0.620. The lowest BCUT2D eigenvalue weighted by Crippen LogP contribution is -2.51. The molecule has 0 bridgehead atoms. The highest BCUT2D eigenvalue weighted by molar-refractivity contribution is 4.91. The lowest BCUT2D eigenvalue weighted by Gasteiger charge is -2.45. The molecule has 1 spiro atoms. The van der Waals surface area contributed by atoms with Crippen LogP contribution in [0.3, 0.4) is 0 Å². The highest BCUT2D eigenvalue weighted by atomic mass is 15.2. The predicted molar refractivity (Wildman–Crippen MR) is 73.4 cm³/mol. The summed E-state index contributed by atoms with van der Waals surface area (Å²) >= 11 is 0. The number of hydrogen-bond donors (Lipinski definition) is 1. The van der Waals surface area contributed by atoms with E-state index in [-0.39, 0.29) is 0 Å². The summed E-state index contributed by atoms with van der Waals surface area (Å²) in [6.45, 7) is 7.68. The minimum absolute atomic E-state index is 0.620. The first-order valence-electron chi connectivity index (χ1n) is 7.28. The minimum atomic E-state index is 0.620. The van der Waals surface area contributed by atoms with Crippen LogP contribution in [0.2, 0.25) is 0 Å². The van der Waals surface area contributed by atoms with Crippen LogP contribution >= 0.6 is 0 Å². The van der Waals surface area contributed by atoms with Gasteiger partial charge in [0, 0.05) is 13.1 Å². The first-order chi connectivity index (χ1) is 8.20. The summed E-state index contributed by atoms with van der Waals surface area (Å²) in [7, 11) is 4.34. The van der Waals surface area contributed by atoms with E-state index in [0.717, 1.165) is 0 Å². The molecular weight excluding hydrogens is 210 g/mol. The van der Waals surface area contributed by atoms with Crippen LogP contribution in [0.15, 0.2) is 0 Å².